The molecule has 1 atom stereocenters. The third kappa shape index (κ3) is 2.62. The second-order valence-corrected chi connectivity index (χ2v) is 8.77. The van der Waals surface area contributed by atoms with Crippen LogP contribution in [0.3, 0.4) is 0 Å². The maximum Gasteiger partial charge on any atom is 0.250 e. The van der Waals surface area contributed by atoms with Crippen molar-refractivity contribution in [2.75, 3.05) is 11.5 Å². The van der Waals surface area contributed by atoms with Crippen LogP contribution in [0.15, 0.2) is 21.7 Å². The second kappa shape index (κ2) is 4.10. The van der Waals surface area contributed by atoms with E-state index in [0.717, 1.165) is 11.3 Å². The summed E-state index contributed by atoms with van der Waals surface area (Å²) in [5.74, 6) is -0.0395. The van der Waals surface area contributed by atoms with Crippen molar-refractivity contribution >= 4 is 31.2 Å². The fraction of sp³-hybridized carbons (Fsp3) is 0.500. The molecule has 2 rings (SSSR count). The highest BCUT2D eigenvalue weighted by molar-refractivity contribution is 7.92. The molecule has 0 unspecified atom stereocenters. The first kappa shape index (κ1) is 12.0. The van der Waals surface area contributed by atoms with E-state index in [-0.39, 0.29) is 15.7 Å². The predicted molar refractivity (Wildman–Crippen MR) is 61.7 cm³/mol. The van der Waals surface area contributed by atoms with Crippen molar-refractivity contribution in [3.8, 4) is 0 Å². The van der Waals surface area contributed by atoms with Gasteiger partial charge in [-0.05, 0) is 17.9 Å². The summed E-state index contributed by atoms with van der Waals surface area (Å²) in [4.78, 5) is 0. The van der Waals surface area contributed by atoms with Gasteiger partial charge in [-0.25, -0.2) is 21.6 Å². The molecule has 1 aliphatic heterocycles. The first-order valence-electron chi connectivity index (χ1n) is 4.65. The van der Waals surface area contributed by atoms with Crippen LogP contribution in [0.4, 0.5) is 0 Å². The summed E-state index contributed by atoms with van der Waals surface area (Å²) in [6.45, 7) is 0. The SMILES string of the molecule is O=S1(=O)CC[C@@H](NS(=O)(=O)c2cccs2)C1. The van der Waals surface area contributed by atoms with Gasteiger partial charge in [-0.3, -0.25) is 0 Å². The zero-order valence-electron chi connectivity index (χ0n) is 8.29. The Morgan fingerprint density at radius 2 is 2.19 bits per heavy atom. The molecule has 90 valence electrons. The molecule has 0 saturated carbocycles. The molecule has 1 aromatic heterocycles. The van der Waals surface area contributed by atoms with E-state index in [9.17, 15) is 16.8 Å². The fourth-order valence-electron chi connectivity index (χ4n) is 1.58. The monoisotopic (exact) mass is 281 g/mol. The van der Waals surface area contributed by atoms with Crippen molar-refractivity contribution in [1.82, 2.24) is 4.72 Å². The Balaban J connectivity index is 2.12. The van der Waals surface area contributed by atoms with E-state index < -0.39 is 25.9 Å². The van der Waals surface area contributed by atoms with Gasteiger partial charge in [0.1, 0.15) is 4.21 Å². The lowest BCUT2D eigenvalue weighted by molar-refractivity contribution is 0.564. The zero-order valence-corrected chi connectivity index (χ0v) is 10.7. The normalized spacial score (nSPS) is 24.6. The molecule has 0 bridgehead atoms. The van der Waals surface area contributed by atoms with Gasteiger partial charge in [0.2, 0.25) is 10.0 Å². The lowest BCUT2D eigenvalue weighted by Gasteiger charge is -2.09. The number of hydrogen-bond acceptors (Lipinski definition) is 5. The van der Waals surface area contributed by atoms with E-state index in [4.69, 9.17) is 0 Å². The molecule has 0 amide bonds. The van der Waals surface area contributed by atoms with Gasteiger partial charge < -0.3 is 0 Å². The Morgan fingerprint density at radius 3 is 2.69 bits per heavy atom. The molecule has 1 aromatic rings. The van der Waals surface area contributed by atoms with Crippen LogP contribution >= 0.6 is 11.3 Å². The summed E-state index contributed by atoms with van der Waals surface area (Å²) in [6, 6.07) is 2.65. The van der Waals surface area contributed by atoms with Gasteiger partial charge in [0.15, 0.2) is 9.84 Å². The number of hydrogen-bond donors (Lipinski definition) is 1. The third-order valence-electron chi connectivity index (χ3n) is 2.31. The van der Waals surface area contributed by atoms with E-state index in [2.05, 4.69) is 4.72 Å². The zero-order chi connectivity index (χ0) is 11.8. The van der Waals surface area contributed by atoms with E-state index >= 15 is 0 Å². The average molecular weight is 281 g/mol. The number of sulfonamides is 1. The van der Waals surface area contributed by atoms with Crippen LogP contribution < -0.4 is 4.72 Å². The van der Waals surface area contributed by atoms with Crippen LogP contribution in [-0.2, 0) is 19.9 Å². The first-order valence-corrected chi connectivity index (χ1v) is 8.84. The molecule has 1 aliphatic rings. The summed E-state index contributed by atoms with van der Waals surface area (Å²) >= 11 is 1.11. The Bertz CT molecular complexity index is 558. The summed E-state index contributed by atoms with van der Waals surface area (Å²) in [5.41, 5.74) is 0. The Kier molecular flexibility index (Phi) is 3.08. The molecule has 0 spiro atoms. The van der Waals surface area contributed by atoms with Crippen LogP contribution in [0.5, 0.6) is 0 Å². The fourth-order valence-corrected chi connectivity index (χ4v) is 5.64. The molecule has 16 heavy (non-hydrogen) atoms. The van der Waals surface area contributed by atoms with Crippen molar-refractivity contribution < 1.29 is 16.8 Å². The number of thiophene rings is 1. The summed E-state index contributed by atoms with van der Waals surface area (Å²) in [5, 5.41) is 1.67. The molecule has 1 N–H and O–H groups in total. The minimum Gasteiger partial charge on any atom is -0.229 e. The second-order valence-electron chi connectivity index (χ2n) is 3.65. The average Bonchev–Trinajstić information content (AvgIpc) is 2.74. The van der Waals surface area contributed by atoms with Gasteiger partial charge in [0, 0.05) is 6.04 Å². The maximum absolute atomic E-state index is 11.8. The smallest absolute Gasteiger partial charge is 0.229 e. The quantitative estimate of drug-likeness (QED) is 0.859. The van der Waals surface area contributed by atoms with Crippen LogP contribution in [0, 0.1) is 0 Å². The van der Waals surface area contributed by atoms with Crippen molar-refractivity contribution in [1.29, 1.82) is 0 Å². The van der Waals surface area contributed by atoms with Crippen molar-refractivity contribution in [2.24, 2.45) is 0 Å². The third-order valence-corrected chi connectivity index (χ3v) is 7.00. The molecule has 8 heteroatoms. The first-order chi connectivity index (χ1) is 7.39. The summed E-state index contributed by atoms with van der Waals surface area (Å²) in [7, 11) is -6.61. The maximum atomic E-state index is 11.8. The van der Waals surface area contributed by atoms with E-state index in [1.54, 1.807) is 11.4 Å². The van der Waals surface area contributed by atoms with Gasteiger partial charge in [-0.15, -0.1) is 11.3 Å². The molecule has 2 heterocycles. The van der Waals surface area contributed by atoms with Crippen LogP contribution in [-0.4, -0.2) is 34.4 Å². The predicted octanol–water partition coefficient (Wildman–Crippen LogP) is 0.213. The minimum absolute atomic E-state index is 0.0601. The summed E-state index contributed by atoms with van der Waals surface area (Å²) in [6.07, 6.45) is 0.354. The molecular formula is C8H11NO4S3. The van der Waals surface area contributed by atoms with Gasteiger partial charge in [0.25, 0.3) is 0 Å². The largest absolute Gasteiger partial charge is 0.250 e. The van der Waals surface area contributed by atoms with E-state index in [1.165, 1.54) is 6.07 Å². The molecule has 5 nitrogen and oxygen atoms in total. The van der Waals surface area contributed by atoms with Gasteiger partial charge in [-0.2, -0.15) is 0 Å². The summed E-state index contributed by atoms with van der Waals surface area (Å²) < 4.78 is 48.5. The highest BCUT2D eigenvalue weighted by Crippen LogP contribution is 2.18. The highest BCUT2D eigenvalue weighted by atomic mass is 32.2. The van der Waals surface area contributed by atoms with Gasteiger partial charge in [-0.1, -0.05) is 6.07 Å². The lowest BCUT2D eigenvalue weighted by Crippen LogP contribution is -2.35. The standard InChI is InChI=1S/C8H11NO4S3/c10-15(11)5-3-7(6-15)9-16(12,13)8-2-1-4-14-8/h1-2,4,7,9H,3,5-6H2/t7-/m1/s1. The number of nitrogens with one attached hydrogen (secondary N) is 1. The highest BCUT2D eigenvalue weighted by Gasteiger charge is 2.31. The van der Waals surface area contributed by atoms with Crippen molar-refractivity contribution in [3.63, 3.8) is 0 Å². The Morgan fingerprint density at radius 1 is 1.44 bits per heavy atom. The van der Waals surface area contributed by atoms with Crippen LogP contribution in [0.1, 0.15) is 6.42 Å². The van der Waals surface area contributed by atoms with Crippen LogP contribution in [0.2, 0.25) is 0 Å². The Hall–Kier alpha value is -0.440. The van der Waals surface area contributed by atoms with Gasteiger partial charge >= 0.3 is 0 Å². The lowest BCUT2D eigenvalue weighted by atomic mass is 10.3. The molecule has 0 aliphatic carbocycles. The van der Waals surface area contributed by atoms with E-state index in [0.29, 0.717) is 6.42 Å². The number of rotatable bonds is 3. The van der Waals surface area contributed by atoms with Crippen LogP contribution in [0.25, 0.3) is 0 Å². The van der Waals surface area contributed by atoms with Gasteiger partial charge in [0.05, 0.1) is 11.5 Å². The molecular weight excluding hydrogens is 270 g/mol. The molecule has 0 aromatic carbocycles. The van der Waals surface area contributed by atoms with Crippen molar-refractivity contribution in [3.05, 3.63) is 17.5 Å². The van der Waals surface area contributed by atoms with Crippen molar-refractivity contribution in [2.45, 2.75) is 16.7 Å². The number of sulfone groups is 1. The molecule has 0 radical (unpaired) electrons. The minimum atomic E-state index is -3.55. The Labute approximate surface area is 98.5 Å². The molecule has 1 fully saturated rings. The topological polar surface area (TPSA) is 80.3 Å². The molecule has 1 saturated heterocycles. The van der Waals surface area contributed by atoms with E-state index in [1.807, 2.05) is 0 Å².